The lowest BCUT2D eigenvalue weighted by Gasteiger charge is -2.44. The largest absolute Gasteiger partial charge is 0.465 e. The summed E-state index contributed by atoms with van der Waals surface area (Å²) in [6.45, 7) is 4.21. The number of imide groups is 1. The van der Waals surface area contributed by atoms with E-state index in [4.69, 9.17) is 37.9 Å². The molecule has 0 bridgehead atoms. The second kappa shape index (κ2) is 16.8. The third-order valence-electron chi connectivity index (χ3n) is 7.82. The maximum Gasteiger partial charge on any atom is 0.413 e. The quantitative estimate of drug-likeness (QED) is 0.200. The Morgan fingerprint density at radius 3 is 1.96 bits per heavy atom. The molecular weight excluding hydrogens is 658 g/mol. The highest BCUT2D eigenvalue weighted by Crippen LogP contribution is 2.36. The third kappa shape index (κ3) is 9.81. The fraction of sp³-hybridized carbons (Fsp3) is 0.429. The third-order valence-corrected chi connectivity index (χ3v) is 7.82. The number of benzene rings is 2. The molecule has 3 aromatic rings. The average Bonchev–Trinajstić information content (AvgIpc) is 3.48. The number of hydrogen-bond donors (Lipinski definition) is 1. The minimum absolute atomic E-state index is 0.0610. The molecule has 0 radical (unpaired) electrons. The van der Waals surface area contributed by atoms with E-state index in [1.165, 1.54) is 14.0 Å². The summed E-state index contributed by atoms with van der Waals surface area (Å²) >= 11 is 0. The molecule has 0 spiro atoms. The van der Waals surface area contributed by atoms with Crippen LogP contribution in [0.2, 0.25) is 0 Å². The number of rotatable bonds is 13. The van der Waals surface area contributed by atoms with E-state index in [0.29, 0.717) is 40.9 Å². The van der Waals surface area contributed by atoms with E-state index in [0.717, 1.165) is 37.5 Å². The Bertz CT molecular complexity index is 1710. The van der Waals surface area contributed by atoms with Gasteiger partial charge in [0.25, 0.3) is 0 Å². The first-order valence-corrected chi connectivity index (χ1v) is 15.8. The maximum atomic E-state index is 12.2. The van der Waals surface area contributed by atoms with Gasteiger partial charge in [0.05, 0.1) is 11.6 Å². The molecule has 0 unspecified atom stereocenters. The van der Waals surface area contributed by atoms with Crippen LogP contribution in [0.5, 0.6) is 5.75 Å². The molecule has 1 aliphatic rings. The number of hydrogen-bond acceptors (Lipinski definition) is 13. The van der Waals surface area contributed by atoms with Crippen LogP contribution >= 0.6 is 0 Å². The average molecular weight is 698 g/mol. The van der Waals surface area contributed by atoms with Crippen molar-refractivity contribution in [3.8, 4) is 5.75 Å². The van der Waals surface area contributed by atoms with Gasteiger partial charge >= 0.3 is 30.0 Å². The Hall–Kier alpha value is -5.44. The molecule has 1 N–H and O–H groups in total. The van der Waals surface area contributed by atoms with E-state index in [-0.39, 0.29) is 6.42 Å². The van der Waals surface area contributed by atoms with Crippen molar-refractivity contribution >= 4 is 46.8 Å². The Morgan fingerprint density at radius 2 is 1.36 bits per heavy atom. The van der Waals surface area contributed by atoms with Crippen LogP contribution in [-0.2, 0) is 66.9 Å². The standard InChI is InChI=1S/C35H39NO14/c1-19(37)44-18-28-31(46-20(2)38)32(47-21(3)39)33(48-22(4)40)34(50-28)49-27-8-6-7-26-30(27)25(17-45-26)15-13-23-9-11-24(12-10-23)14-16-29(41)36(5)35(42)43/h6-12,17,28,31-34H,13-16,18H2,1-5H3,(H,42,43)/t28-,31-,32+,33-,34-/m1/s1. The van der Waals surface area contributed by atoms with Gasteiger partial charge in [-0.25, -0.2) is 4.79 Å². The number of fused-ring (bicyclic) bond motifs is 1. The Morgan fingerprint density at radius 1 is 0.760 bits per heavy atom. The van der Waals surface area contributed by atoms with Crippen LogP contribution in [0, 0.1) is 0 Å². The molecule has 1 aromatic heterocycles. The molecule has 15 heteroatoms. The molecule has 15 nitrogen and oxygen atoms in total. The van der Waals surface area contributed by atoms with Crippen molar-refractivity contribution in [1.29, 1.82) is 0 Å². The summed E-state index contributed by atoms with van der Waals surface area (Å²) in [6, 6.07) is 12.7. The highest BCUT2D eigenvalue weighted by atomic mass is 16.7. The van der Waals surface area contributed by atoms with Gasteiger partial charge in [0.1, 0.15) is 24.0 Å². The molecule has 4 rings (SSSR count). The van der Waals surface area contributed by atoms with Crippen LogP contribution < -0.4 is 4.74 Å². The highest BCUT2D eigenvalue weighted by Gasteiger charge is 2.53. The zero-order chi connectivity index (χ0) is 36.5. The zero-order valence-corrected chi connectivity index (χ0v) is 28.2. The van der Waals surface area contributed by atoms with Crippen molar-refractivity contribution in [3.63, 3.8) is 0 Å². The topological polar surface area (TPSA) is 194 Å². The Balaban J connectivity index is 1.57. The van der Waals surface area contributed by atoms with Crippen molar-refractivity contribution in [2.45, 2.75) is 84.1 Å². The lowest BCUT2D eigenvalue weighted by molar-refractivity contribution is -0.288. The van der Waals surface area contributed by atoms with Gasteiger partial charge < -0.3 is 37.9 Å². The SMILES string of the molecule is CC(=O)OC[C@H]1O[C@@H](Oc2cccc3occ(CCc4ccc(CCC(=O)N(C)C(=O)O)cc4)c23)[C@H](OC(C)=O)[C@@H](OC(C)=O)[C@@H]1OC(C)=O. The molecular formula is C35H39NO14. The van der Waals surface area contributed by atoms with Crippen LogP contribution in [0.1, 0.15) is 50.8 Å². The number of ether oxygens (including phenoxy) is 6. The van der Waals surface area contributed by atoms with Gasteiger partial charge in [0, 0.05) is 46.7 Å². The van der Waals surface area contributed by atoms with Gasteiger partial charge in [0.2, 0.25) is 18.3 Å². The van der Waals surface area contributed by atoms with Crippen LogP contribution in [-0.4, -0.2) is 90.2 Å². The van der Waals surface area contributed by atoms with Gasteiger partial charge in [-0.2, -0.15) is 0 Å². The first-order chi connectivity index (χ1) is 23.7. The molecule has 0 aliphatic carbocycles. The highest BCUT2D eigenvalue weighted by molar-refractivity contribution is 5.90. The zero-order valence-electron chi connectivity index (χ0n) is 28.2. The summed E-state index contributed by atoms with van der Waals surface area (Å²) in [6.07, 6.45) is -4.83. The number of carboxylic acid groups (broad SMARTS) is 1. The predicted molar refractivity (Wildman–Crippen MR) is 172 cm³/mol. The minimum Gasteiger partial charge on any atom is -0.465 e. The molecule has 1 aliphatic heterocycles. The van der Waals surface area contributed by atoms with E-state index in [2.05, 4.69) is 0 Å². The molecule has 2 amide bonds. The number of furan rings is 1. The molecule has 2 aromatic carbocycles. The lowest BCUT2D eigenvalue weighted by Crippen LogP contribution is -2.63. The molecule has 1 saturated heterocycles. The molecule has 268 valence electrons. The summed E-state index contributed by atoms with van der Waals surface area (Å²) in [5, 5.41) is 9.58. The summed E-state index contributed by atoms with van der Waals surface area (Å²) in [7, 11) is 1.22. The predicted octanol–water partition coefficient (Wildman–Crippen LogP) is 3.75. The number of nitrogens with zero attached hydrogens (tertiary/aromatic N) is 1. The van der Waals surface area contributed by atoms with Gasteiger partial charge in [-0.15, -0.1) is 0 Å². The van der Waals surface area contributed by atoms with Crippen molar-refractivity contribution in [3.05, 3.63) is 65.4 Å². The number of amides is 2. The molecule has 5 atom stereocenters. The fourth-order valence-corrected chi connectivity index (χ4v) is 5.49. The van der Waals surface area contributed by atoms with Crippen molar-refractivity contribution in [1.82, 2.24) is 4.90 Å². The summed E-state index contributed by atoms with van der Waals surface area (Å²) in [5.74, 6) is -3.10. The van der Waals surface area contributed by atoms with E-state index < -0.39 is 73.2 Å². The van der Waals surface area contributed by atoms with Crippen molar-refractivity contribution < 1.29 is 66.7 Å². The first-order valence-electron chi connectivity index (χ1n) is 15.8. The fourth-order valence-electron chi connectivity index (χ4n) is 5.49. The molecule has 1 fully saturated rings. The second-order valence-corrected chi connectivity index (χ2v) is 11.6. The van der Waals surface area contributed by atoms with Crippen molar-refractivity contribution in [2.24, 2.45) is 0 Å². The molecule has 0 saturated carbocycles. The van der Waals surface area contributed by atoms with Gasteiger partial charge in [-0.3, -0.25) is 28.9 Å². The van der Waals surface area contributed by atoms with Crippen molar-refractivity contribution in [2.75, 3.05) is 13.7 Å². The van der Waals surface area contributed by atoms with Crippen LogP contribution in [0.3, 0.4) is 0 Å². The van der Waals surface area contributed by atoms with Gasteiger partial charge in [-0.05, 0) is 42.5 Å². The Labute approximate surface area is 287 Å². The van der Waals surface area contributed by atoms with Crippen LogP contribution in [0.25, 0.3) is 11.0 Å². The Kier molecular flexibility index (Phi) is 12.5. The number of aryl methyl sites for hydroxylation is 3. The summed E-state index contributed by atoms with van der Waals surface area (Å²) < 4.78 is 39.9. The van der Waals surface area contributed by atoms with E-state index >= 15 is 0 Å². The number of esters is 4. The summed E-state index contributed by atoms with van der Waals surface area (Å²) in [5.41, 5.74) is 3.16. The van der Waals surface area contributed by atoms with Gasteiger partial charge in [0.15, 0.2) is 12.2 Å². The van der Waals surface area contributed by atoms with Crippen LogP contribution in [0.15, 0.2) is 53.1 Å². The number of carbonyl (C=O) groups excluding carboxylic acids is 5. The second-order valence-electron chi connectivity index (χ2n) is 11.6. The van der Waals surface area contributed by atoms with Crippen LogP contribution in [0.4, 0.5) is 4.79 Å². The lowest BCUT2D eigenvalue weighted by atomic mass is 9.98. The van der Waals surface area contributed by atoms with E-state index in [1.54, 1.807) is 24.5 Å². The smallest absolute Gasteiger partial charge is 0.413 e. The van der Waals surface area contributed by atoms with Gasteiger partial charge in [-0.1, -0.05) is 30.3 Å². The molecule has 50 heavy (non-hydrogen) atoms. The van der Waals surface area contributed by atoms with E-state index in [9.17, 15) is 28.8 Å². The monoisotopic (exact) mass is 697 g/mol. The normalized spacial score (nSPS) is 20.0. The van der Waals surface area contributed by atoms with E-state index in [1.807, 2.05) is 24.3 Å². The number of carbonyl (C=O) groups is 6. The summed E-state index contributed by atoms with van der Waals surface area (Å²) in [4.78, 5) is 71.8. The minimum atomic E-state index is -1.42. The first kappa shape index (κ1) is 37.4. The maximum absolute atomic E-state index is 12.2. The molecule has 2 heterocycles.